The predicted molar refractivity (Wildman–Crippen MR) is 59.6 cm³/mol. The summed E-state index contributed by atoms with van der Waals surface area (Å²) in [5, 5.41) is 0. The number of aryl methyl sites for hydroxylation is 4. The molecule has 0 aliphatic carbocycles. The van der Waals surface area contributed by atoms with Gasteiger partial charge in [0.15, 0.2) is 0 Å². The van der Waals surface area contributed by atoms with E-state index in [0.717, 1.165) is 24.4 Å². The third-order valence-corrected chi connectivity index (χ3v) is 2.34. The number of pyridine rings is 1. The van der Waals surface area contributed by atoms with Gasteiger partial charge in [0.2, 0.25) is 0 Å². The summed E-state index contributed by atoms with van der Waals surface area (Å²) in [6, 6.07) is 4.24. The van der Waals surface area contributed by atoms with Crippen LogP contribution in [0.2, 0.25) is 0 Å². The highest BCUT2D eigenvalue weighted by Crippen LogP contribution is 2.05. The minimum absolute atomic E-state index is 0.940. The summed E-state index contributed by atoms with van der Waals surface area (Å²) >= 11 is 0. The van der Waals surface area contributed by atoms with Gasteiger partial charge in [-0.15, -0.1) is 0 Å². The van der Waals surface area contributed by atoms with E-state index in [1.165, 1.54) is 5.56 Å². The smallest absolute Gasteiger partial charge is 0.0946 e. The molecule has 0 unspecified atom stereocenters. The van der Waals surface area contributed by atoms with E-state index in [2.05, 4.69) is 33.6 Å². The molecule has 0 saturated carbocycles. The van der Waals surface area contributed by atoms with E-state index in [4.69, 9.17) is 0 Å². The van der Waals surface area contributed by atoms with E-state index < -0.39 is 0 Å². The SMILES string of the molecule is Cc1cc(C)nc(CCn2ccnc2)c1. The standard InChI is InChI=1S/C12H15N3/c1-10-7-11(2)14-12(8-10)3-5-15-6-4-13-9-15/h4,6-9H,3,5H2,1-2H3. The first-order valence-electron chi connectivity index (χ1n) is 5.14. The Kier molecular flexibility index (Phi) is 2.81. The Morgan fingerprint density at radius 3 is 2.80 bits per heavy atom. The molecule has 0 fully saturated rings. The Hall–Kier alpha value is -1.64. The molecule has 0 N–H and O–H groups in total. The van der Waals surface area contributed by atoms with Crippen LogP contribution < -0.4 is 0 Å². The molecule has 2 rings (SSSR count). The molecule has 3 nitrogen and oxygen atoms in total. The lowest BCUT2D eigenvalue weighted by molar-refractivity contribution is 0.683. The van der Waals surface area contributed by atoms with Crippen LogP contribution in [-0.4, -0.2) is 14.5 Å². The Labute approximate surface area is 89.8 Å². The summed E-state index contributed by atoms with van der Waals surface area (Å²) in [7, 11) is 0. The number of hydrogen-bond donors (Lipinski definition) is 0. The molecule has 0 aromatic carbocycles. The van der Waals surface area contributed by atoms with E-state index in [9.17, 15) is 0 Å². The maximum Gasteiger partial charge on any atom is 0.0946 e. The third kappa shape index (κ3) is 2.65. The summed E-state index contributed by atoms with van der Waals surface area (Å²) in [4.78, 5) is 8.51. The van der Waals surface area contributed by atoms with Crippen molar-refractivity contribution in [1.82, 2.24) is 14.5 Å². The van der Waals surface area contributed by atoms with Crippen molar-refractivity contribution in [3.8, 4) is 0 Å². The summed E-state index contributed by atoms with van der Waals surface area (Å²) in [5.74, 6) is 0. The van der Waals surface area contributed by atoms with Gasteiger partial charge >= 0.3 is 0 Å². The molecule has 0 radical (unpaired) electrons. The lowest BCUT2D eigenvalue weighted by Gasteiger charge is -2.04. The van der Waals surface area contributed by atoms with Gasteiger partial charge in [-0.25, -0.2) is 4.98 Å². The van der Waals surface area contributed by atoms with Crippen LogP contribution in [0.5, 0.6) is 0 Å². The summed E-state index contributed by atoms with van der Waals surface area (Å²) in [5.41, 5.74) is 3.53. The lowest BCUT2D eigenvalue weighted by Crippen LogP contribution is -2.01. The maximum absolute atomic E-state index is 4.50. The van der Waals surface area contributed by atoms with Crippen molar-refractivity contribution in [2.45, 2.75) is 26.8 Å². The molecular weight excluding hydrogens is 186 g/mol. The molecular formula is C12H15N3. The molecule has 2 heterocycles. The van der Waals surface area contributed by atoms with E-state index in [0.29, 0.717) is 0 Å². The Morgan fingerprint density at radius 2 is 2.13 bits per heavy atom. The van der Waals surface area contributed by atoms with Crippen LogP contribution >= 0.6 is 0 Å². The van der Waals surface area contributed by atoms with Crippen molar-refractivity contribution < 1.29 is 0 Å². The fraction of sp³-hybridized carbons (Fsp3) is 0.333. The summed E-state index contributed by atoms with van der Waals surface area (Å²) < 4.78 is 2.07. The summed E-state index contributed by atoms with van der Waals surface area (Å²) in [6.07, 6.45) is 6.57. The molecule has 0 aliphatic rings. The second kappa shape index (κ2) is 4.26. The second-order valence-corrected chi connectivity index (χ2v) is 3.83. The van der Waals surface area contributed by atoms with Gasteiger partial charge in [0.05, 0.1) is 6.33 Å². The van der Waals surface area contributed by atoms with Crippen LogP contribution in [0.4, 0.5) is 0 Å². The highest BCUT2D eigenvalue weighted by Gasteiger charge is 1.98. The molecule has 0 amide bonds. The molecule has 78 valence electrons. The van der Waals surface area contributed by atoms with Crippen molar-refractivity contribution >= 4 is 0 Å². The Balaban J connectivity index is 2.05. The van der Waals surface area contributed by atoms with Gasteiger partial charge in [-0.1, -0.05) is 0 Å². The fourth-order valence-corrected chi connectivity index (χ4v) is 1.72. The first-order chi connectivity index (χ1) is 7.24. The van der Waals surface area contributed by atoms with Crippen LogP contribution in [0.1, 0.15) is 17.0 Å². The zero-order chi connectivity index (χ0) is 10.7. The van der Waals surface area contributed by atoms with Gasteiger partial charge in [-0.05, 0) is 31.5 Å². The zero-order valence-corrected chi connectivity index (χ0v) is 9.14. The van der Waals surface area contributed by atoms with Crippen LogP contribution in [-0.2, 0) is 13.0 Å². The van der Waals surface area contributed by atoms with Gasteiger partial charge in [0.25, 0.3) is 0 Å². The molecule has 15 heavy (non-hydrogen) atoms. The van der Waals surface area contributed by atoms with Crippen molar-refractivity contribution in [3.05, 3.63) is 47.8 Å². The average molecular weight is 201 g/mol. The van der Waals surface area contributed by atoms with Crippen LogP contribution in [0.3, 0.4) is 0 Å². The quantitative estimate of drug-likeness (QED) is 0.761. The molecule has 0 atom stereocenters. The zero-order valence-electron chi connectivity index (χ0n) is 9.14. The number of aromatic nitrogens is 3. The fourth-order valence-electron chi connectivity index (χ4n) is 1.72. The van der Waals surface area contributed by atoms with Gasteiger partial charge in [0, 0.05) is 36.7 Å². The van der Waals surface area contributed by atoms with Crippen molar-refractivity contribution in [2.75, 3.05) is 0 Å². The van der Waals surface area contributed by atoms with Crippen molar-refractivity contribution in [2.24, 2.45) is 0 Å². The van der Waals surface area contributed by atoms with E-state index in [1.807, 2.05) is 19.4 Å². The monoisotopic (exact) mass is 201 g/mol. The first kappa shape index (κ1) is 9.90. The molecule has 0 saturated heterocycles. The maximum atomic E-state index is 4.50. The van der Waals surface area contributed by atoms with E-state index in [1.54, 1.807) is 6.20 Å². The number of rotatable bonds is 3. The summed E-state index contributed by atoms with van der Waals surface area (Å²) in [6.45, 7) is 5.08. The minimum atomic E-state index is 0.940. The molecule has 2 aromatic rings. The molecule has 0 spiro atoms. The molecule has 2 aromatic heterocycles. The van der Waals surface area contributed by atoms with E-state index in [-0.39, 0.29) is 0 Å². The Morgan fingerprint density at radius 1 is 1.27 bits per heavy atom. The van der Waals surface area contributed by atoms with Crippen LogP contribution in [0.25, 0.3) is 0 Å². The Bertz CT molecular complexity index is 412. The molecule has 3 heteroatoms. The van der Waals surface area contributed by atoms with Crippen molar-refractivity contribution in [3.63, 3.8) is 0 Å². The number of hydrogen-bond acceptors (Lipinski definition) is 2. The highest BCUT2D eigenvalue weighted by atomic mass is 15.0. The van der Waals surface area contributed by atoms with Gasteiger partial charge in [-0.3, -0.25) is 4.98 Å². The molecule has 0 bridgehead atoms. The first-order valence-corrected chi connectivity index (χ1v) is 5.14. The van der Waals surface area contributed by atoms with Gasteiger partial charge < -0.3 is 4.57 Å². The van der Waals surface area contributed by atoms with Crippen LogP contribution in [0.15, 0.2) is 30.9 Å². The normalized spacial score (nSPS) is 10.5. The largest absolute Gasteiger partial charge is 0.337 e. The number of nitrogens with zero attached hydrogens (tertiary/aromatic N) is 3. The predicted octanol–water partition coefficient (Wildman–Crippen LogP) is 2.14. The lowest BCUT2D eigenvalue weighted by atomic mass is 10.2. The van der Waals surface area contributed by atoms with Gasteiger partial charge in [-0.2, -0.15) is 0 Å². The van der Waals surface area contributed by atoms with Crippen molar-refractivity contribution in [1.29, 1.82) is 0 Å². The average Bonchev–Trinajstić information content (AvgIpc) is 2.65. The number of imidazole rings is 1. The molecule has 0 aliphatic heterocycles. The van der Waals surface area contributed by atoms with Gasteiger partial charge in [0.1, 0.15) is 0 Å². The highest BCUT2D eigenvalue weighted by molar-refractivity contribution is 5.19. The third-order valence-electron chi connectivity index (χ3n) is 2.34. The topological polar surface area (TPSA) is 30.7 Å². The second-order valence-electron chi connectivity index (χ2n) is 3.83. The minimum Gasteiger partial charge on any atom is -0.337 e. The van der Waals surface area contributed by atoms with E-state index >= 15 is 0 Å². The van der Waals surface area contributed by atoms with Crippen LogP contribution in [0, 0.1) is 13.8 Å².